The van der Waals surface area contributed by atoms with Crippen molar-refractivity contribution < 1.29 is 16.4 Å². The summed E-state index contributed by atoms with van der Waals surface area (Å²) in [4.78, 5) is 13.1. The molecule has 0 radical (unpaired) electrons. The number of hydrogen-bond acceptors (Lipinski definition) is 6. The molecule has 1 aliphatic rings. The van der Waals surface area contributed by atoms with Crippen LogP contribution >= 0.6 is 0 Å². The normalized spacial score (nSPS) is 22.4. The summed E-state index contributed by atoms with van der Waals surface area (Å²) in [6.45, 7) is 1.74. The van der Waals surface area contributed by atoms with E-state index in [9.17, 15) is 5.11 Å². The Morgan fingerprint density at radius 3 is 2.67 bits per heavy atom. The third-order valence-electron chi connectivity index (χ3n) is 6.04. The van der Waals surface area contributed by atoms with E-state index < -0.39 is 41.6 Å². The molecular weight excluding hydrogens is 419 g/mol. The summed E-state index contributed by atoms with van der Waals surface area (Å²) >= 11 is 0. The van der Waals surface area contributed by atoms with Crippen molar-refractivity contribution in [2.45, 2.75) is 31.3 Å². The molecule has 7 nitrogen and oxygen atoms in total. The number of aliphatic hydroxyl groups is 1. The number of nitrogens with two attached hydrogens (primary N) is 1. The topological polar surface area (TPSA) is 102 Å². The van der Waals surface area contributed by atoms with Crippen LogP contribution < -0.4 is 5.73 Å². The van der Waals surface area contributed by atoms with Crippen molar-refractivity contribution in [3.8, 4) is 22.5 Å². The van der Waals surface area contributed by atoms with Crippen LogP contribution in [-0.2, 0) is 0 Å². The second-order valence-corrected chi connectivity index (χ2v) is 8.52. The summed E-state index contributed by atoms with van der Waals surface area (Å²) in [5.74, 6) is -0.166. The Labute approximate surface area is 195 Å². The molecular formula is C25H21FN6O. The van der Waals surface area contributed by atoms with E-state index >= 15 is 4.39 Å². The Hall–Kier alpha value is -3.91. The fourth-order valence-corrected chi connectivity index (χ4v) is 4.47. The number of fused-ring (bicyclic) bond motifs is 2. The van der Waals surface area contributed by atoms with Gasteiger partial charge in [-0.05, 0) is 31.9 Å². The first-order valence-corrected chi connectivity index (χ1v) is 10.4. The summed E-state index contributed by atoms with van der Waals surface area (Å²) in [6, 6.07) is 3.91. The lowest BCUT2D eigenvalue weighted by Crippen LogP contribution is -2.40. The van der Waals surface area contributed by atoms with Gasteiger partial charge in [-0.2, -0.15) is 5.10 Å². The lowest BCUT2D eigenvalue weighted by molar-refractivity contribution is -0.0337. The molecule has 2 aromatic carbocycles. The summed E-state index contributed by atoms with van der Waals surface area (Å²) in [5, 5.41) is 15.0. The highest BCUT2D eigenvalue weighted by Crippen LogP contribution is 2.45. The second-order valence-electron chi connectivity index (χ2n) is 8.52. The van der Waals surface area contributed by atoms with E-state index in [4.69, 9.17) is 12.6 Å². The fourth-order valence-electron chi connectivity index (χ4n) is 4.47. The van der Waals surface area contributed by atoms with Crippen LogP contribution in [-0.4, -0.2) is 35.3 Å². The minimum atomic E-state index is -0.812. The second kappa shape index (κ2) is 7.05. The van der Waals surface area contributed by atoms with Gasteiger partial charge in [0, 0.05) is 22.4 Å². The predicted octanol–water partition coefficient (Wildman–Crippen LogP) is 4.36. The van der Waals surface area contributed by atoms with Crippen LogP contribution in [0.3, 0.4) is 0 Å². The van der Waals surface area contributed by atoms with Crippen molar-refractivity contribution in [3.05, 3.63) is 72.4 Å². The minimum absolute atomic E-state index is 0.0421. The number of halogens is 1. The van der Waals surface area contributed by atoms with Gasteiger partial charge in [0.2, 0.25) is 0 Å². The molecule has 0 atom stereocenters. The molecule has 164 valence electrons. The number of anilines is 1. The van der Waals surface area contributed by atoms with Gasteiger partial charge in [0.25, 0.3) is 0 Å². The maximum absolute atomic E-state index is 16.1. The van der Waals surface area contributed by atoms with Gasteiger partial charge < -0.3 is 10.8 Å². The highest BCUT2D eigenvalue weighted by molar-refractivity contribution is 5.91. The number of benzene rings is 2. The van der Waals surface area contributed by atoms with Gasteiger partial charge in [0.1, 0.15) is 28.9 Å². The van der Waals surface area contributed by atoms with Gasteiger partial charge in [-0.1, -0.05) is 42.3 Å². The fraction of sp³-hybridized carbons (Fsp3) is 0.200. The average molecular weight is 446 g/mol. The molecule has 1 aliphatic carbocycles. The van der Waals surface area contributed by atoms with Crippen LogP contribution in [0.2, 0.25) is 0 Å². The van der Waals surface area contributed by atoms with Gasteiger partial charge in [-0.3, -0.25) is 0 Å². The zero-order valence-corrected chi connectivity index (χ0v) is 17.5. The van der Waals surface area contributed by atoms with Crippen LogP contribution in [0.5, 0.6) is 0 Å². The quantitative estimate of drug-likeness (QED) is 0.428. The largest absolute Gasteiger partial charge is 0.390 e. The molecule has 3 aromatic heterocycles. The van der Waals surface area contributed by atoms with Crippen molar-refractivity contribution in [3.63, 3.8) is 0 Å². The van der Waals surface area contributed by atoms with E-state index in [2.05, 4.69) is 20.1 Å². The smallest absolute Gasteiger partial charge is 0.158 e. The molecule has 0 unspecified atom stereocenters. The summed E-state index contributed by atoms with van der Waals surface area (Å²) < 4.78 is 57.9. The average Bonchev–Trinajstić information content (AvgIpc) is 3.26. The van der Waals surface area contributed by atoms with E-state index in [1.165, 1.54) is 16.9 Å². The molecule has 8 heteroatoms. The first kappa shape index (κ1) is 15.0. The van der Waals surface area contributed by atoms with Crippen LogP contribution in [0.4, 0.5) is 10.2 Å². The summed E-state index contributed by atoms with van der Waals surface area (Å²) in [5.41, 5.74) is 5.86. The van der Waals surface area contributed by atoms with Crippen LogP contribution in [0, 0.1) is 5.82 Å². The monoisotopic (exact) mass is 445 g/mol. The van der Waals surface area contributed by atoms with Crippen molar-refractivity contribution in [1.82, 2.24) is 24.6 Å². The molecule has 33 heavy (non-hydrogen) atoms. The van der Waals surface area contributed by atoms with Crippen LogP contribution in [0.15, 0.2) is 60.8 Å². The van der Waals surface area contributed by atoms with E-state index in [-0.39, 0.29) is 39.8 Å². The molecule has 0 aliphatic heterocycles. The Kier molecular flexibility index (Phi) is 3.21. The maximum Gasteiger partial charge on any atom is 0.158 e. The maximum atomic E-state index is 16.1. The third-order valence-corrected chi connectivity index (χ3v) is 6.04. The van der Waals surface area contributed by atoms with E-state index in [0.29, 0.717) is 29.6 Å². The molecule has 1 fully saturated rings. The number of aromatic nitrogens is 5. The zero-order chi connectivity index (χ0) is 27.1. The SMILES string of the molecule is [2H]c1c([2H])c([2H])c(-c2ccc3ccc(-c4nc(C5CC(C)(O)C5)n5ncnc(N)c45)c(F)c3n2)c([2H])c1[2H]. The van der Waals surface area contributed by atoms with E-state index in [1.54, 1.807) is 25.1 Å². The molecule has 3 N–H and O–H groups in total. The first-order chi connectivity index (χ1) is 18.0. The minimum Gasteiger partial charge on any atom is -0.390 e. The zero-order valence-electron chi connectivity index (χ0n) is 22.5. The van der Waals surface area contributed by atoms with Crippen molar-refractivity contribution in [2.24, 2.45) is 0 Å². The van der Waals surface area contributed by atoms with Crippen molar-refractivity contribution >= 4 is 22.2 Å². The first-order valence-electron chi connectivity index (χ1n) is 12.9. The molecule has 0 spiro atoms. The number of rotatable bonds is 3. The van der Waals surface area contributed by atoms with Gasteiger partial charge in [-0.25, -0.2) is 23.9 Å². The molecule has 1 saturated carbocycles. The lowest BCUT2D eigenvalue weighted by Gasteiger charge is -2.39. The van der Waals surface area contributed by atoms with Gasteiger partial charge in [0.05, 0.1) is 18.1 Å². The Balaban J connectivity index is 1.56. The number of nitrogens with zero attached hydrogens (tertiary/aromatic N) is 5. The molecule has 6 rings (SSSR count). The molecule has 3 heterocycles. The molecule has 0 amide bonds. The van der Waals surface area contributed by atoms with Crippen LogP contribution in [0.1, 0.15) is 38.4 Å². The molecule has 5 aromatic rings. The Morgan fingerprint density at radius 2 is 1.91 bits per heavy atom. The Morgan fingerprint density at radius 1 is 1.15 bits per heavy atom. The van der Waals surface area contributed by atoms with Crippen LogP contribution in [0.25, 0.3) is 38.9 Å². The summed E-state index contributed by atoms with van der Waals surface area (Å²) in [6.07, 6.45) is 2.23. The number of imidazole rings is 1. The number of nitrogen functional groups attached to an aromatic ring is 1. The summed E-state index contributed by atoms with van der Waals surface area (Å²) in [7, 11) is 0. The van der Waals surface area contributed by atoms with E-state index in [1.807, 2.05) is 0 Å². The Bertz CT molecular complexity index is 1770. The molecule has 0 saturated heterocycles. The van der Waals surface area contributed by atoms with Crippen molar-refractivity contribution in [2.75, 3.05) is 5.73 Å². The van der Waals surface area contributed by atoms with Crippen molar-refractivity contribution in [1.29, 1.82) is 0 Å². The molecule has 0 bridgehead atoms. The highest BCUT2D eigenvalue weighted by Gasteiger charge is 2.42. The van der Waals surface area contributed by atoms with Gasteiger partial charge in [0.15, 0.2) is 11.6 Å². The standard InChI is InChI=1S/C25H21FN6O/c1-25(33)11-16(12-25)24-31-21(22-23(27)28-13-29-32(22)24)17-9-7-15-8-10-18(30-20(15)19(17)26)14-5-3-2-4-6-14/h2-10,13,16,33H,11-12H2,1H3,(H2,27,28,29)/i2D,3D,4D,5D,6D. The predicted molar refractivity (Wildman–Crippen MR) is 124 cm³/mol. The third kappa shape index (κ3) is 3.14. The highest BCUT2D eigenvalue weighted by atomic mass is 19.1. The van der Waals surface area contributed by atoms with E-state index in [0.717, 1.165) is 0 Å². The number of pyridine rings is 1. The lowest BCUT2D eigenvalue weighted by atomic mass is 9.72. The number of hydrogen-bond donors (Lipinski definition) is 2. The van der Waals surface area contributed by atoms with Gasteiger partial charge >= 0.3 is 0 Å². The van der Waals surface area contributed by atoms with Gasteiger partial charge in [-0.15, -0.1) is 0 Å².